The second kappa shape index (κ2) is 5.71. The highest BCUT2D eigenvalue weighted by molar-refractivity contribution is 7.10. The molecular formula is C11H15ClN4OS. The van der Waals surface area contributed by atoms with Crippen LogP contribution in [0.4, 0.5) is 0 Å². The normalized spacial score (nSPS) is 12.7. The van der Waals surface area contributed by atoms with Crippen LogP contribution in [0.1, 0.15) is 23.5 Å². The zero-order valence-electron chi connectivity index (χ0n) is 10.2. The number of nitrogens with zero attached hydrogens (tertiary/aromatic N) is 2. The molecule has 18 heavy (non-hydrogen) atoms. The molecule has 2 heterocycles. The highest BCUT2D eigenvalue weighted by Gasteiger charge is 2.25. The number of hydrogen-bond acceptors (Lipinski definition) is 5. The van der Waals surface area contributed by atoms with Gasteiger partial charge in [-0.3, -0.25) is 10.5 Å². The molecule has 0 aromatic carbocycles. The van der Waals surface area contributed by atoms with Crippen molar-refractivity contribution in [2.75, 3.05) is 7.11 Å². The van der Waals surface area contributed by atoms with Gasteiger partial charge in [-0.05, 0) is 18.4 Å². The van der Waals surface area contributed by atoms with E-state index in [4.69, 9.17) is 22.2 Å². The van der Waals surface area contributed by atoms with E-state index in [-0.39, 0.29) is 6.04 Å². The van der Waals surface area contributed by atoms with Gasteiger partial charge in [0.15, 0.2) is 5.75 Å². The van der Waals surface area contributed by atoms with Gasteiger partial charge in [0, 0.05) is 11.4 Å². The largest absolute Gasteiger partial charge is 0.493 e. The molecule has 0 saturated heterocycles. The van der Waals surface area contributed by atoms with Crippen LogP contribution in [0.5, 0.6) is 5.75 Å². The van der Waals surface area contributed by atoms with Gasteiger partial charge in [0.1, 0.15) is 11.7 Å². The van der Waals surface area contributed by atoms with Crippen LogP contribution in [0.2, 0.25) is 5.02 Å². The lowest BCUT2D eigenvalue weighted by atomic mass is 10.1. The van der Waals surface area contributed by atoms with Crippen LogP contribution < -0.4 is 16.0 Å². The summed E-state index contributed by atoms with van der Waals surface area (Å²) in [5.41, 5.74) is 3.66. The molecule has 0 aliphatic carbocycles. The highest BCUT2D eigenvalue weighted by Crippen LogP contribution is 2.36. The number of nitrogens with one attached hydrogen (secondary N) is 1. The number of ether oxygens (including phenoxy) is 1. The third kappa shape index (κ3) is 2.24. The Labute approximate surface area is 114 Å². The third-order valence-corrected chi connectivity index (χ3v) is 4.13. The molecule has 0 saturated carbocycles. The first-order valence-electron chi connectivity index (χ1n) is 5.51. The Morgan fingerprint density at radius 3 is 2.94 bits per heavy atom. The fourth-order valence-electron chi connectivity index (χ4n) is 1.87. The van der Waals surface area contributed by atoms with Crippen LogP contribution in [0.25, 0.3) is 0 Å². The number of thiophene rings is 1. The molecule has 7 heteroatoms. The predicted molar refractivity (Wildman–Crippen MR) is 72.9 cm³/mol. The first kappa shape index (κ1) is 13.4. The van der Waals surface area contributed by atoms with Crippen molar-refractivity contribution in [1.29, 1.82) is 0 Å². The first-order valence-corrected chi connectivity index (χ1v) is 6.77. The summed E-state index contributed by atoms with van der Waals surface area (Å²) in [5, 5.41) is 6.89. The first-order chi connectivity index (χ1) is 8.72. The lowest BCUT2D eigenvalue weighted by Crippen LogP contribution is -2.30. The molecule has 2 aromatic rings. The van der Waals surface area contributed by atoms with E-state index in [9.17, 15) is 0 Å². The molecule has 2 aromatic heterocycles. The Morgan fingerprint density at radius 1 is 1.67 bits per heavy atom. The minimum Gasteiger partial charge on any atom is -0.493 e. The zero-order chi connectivity index (χ0) is 13.1. The van der Waals surface area contributed by atoms with E-state index in [1.54, 1.807) is 24.6 Å². The maximum absolute atomic E-state index is 6.17. The number of nitrogens with two attached hydrogens (primary N) is 1. The molecule has 1 atom stereocenters. The van der Waals surface area contributed by atoms with Gasteiger partial charge in [0.25, 0.3) is 0 Å². The third-order valence-electron chi connectivity index (χ3n) is 2.71. The number of rotatable bonds is 5. The van der Waals surface area contributed by atoms with Crippen molar-refractivity contribution in [3.05, 3.63) is 33.2 Å². The zero-order valence-corrected chi connectivity index (χ0v) is 11.8. The Balaban J connectivity index is 2.50. The van der Waals surface area contributed by atoms with Crippen molar-refractivity contribution in [3.8, 4) is 5.75 Å². The van der Waals surface area contributed by atoms with Crippen molar-refractivity contribution in [1.82, 2.24) is 15.2 Å². The topological polar surface area (TPSA) is 65.1 Å². The van der Waals surface area contributed by atoms with E-state index in [1.807, 2.05) is 23.1 Å². The predicted octanol–water partition coefficient (Wildman–Crippen LogP) is 2.18. The molecule has 0 fully saturated rings. The maximum atomic E-state index is 6.17. The van der Waals surface area contributed by atoms with Crippen molar-refractivity contribution >= 4 is 22.9 Å². The fourth-order valence-corrected chi connectivity index (χ4v) is 3.10. The van der Waals surface area contributed by atoms with Gasteiger partial charge >= 0.3 is 0 Å². The number of hydrogen-bond donors (Lipinski definition) is 2. The Kier molecular flexibility index (Phi) is 4.23. The summed E-state index contributed by atoms with van der Waals surface area (Å²) in [6, 6.07) is 1.63. The van der Waals surface area contributed by atoms with E-state index < -0.39 is 0 Å². The van der Waals surface area contributed by atoms with Crippen LogP contribution in [0.3, 0.4) is 0 Å². The van der Waals surface area contributed by atoms with Gasteiger partial charge in [0.2, 0.25) is 0 Å². The highest BCUT2D eigenvalue weighted by atomic mass is 35.5. The molecule has 0 aliphatic rings. The molecular weight excluding hydrogens is 272 g/mol. The molecule has 1 unspecified atom stereocenters. The number of hydrazine groups is 1. The number of halogens is 1. The molecule has 98 valence electrons. The lowest BCUT2D eigenvalue weighted by molar-refractivity contribution is 0.400. The number of aromatic nitrogens is 2. The number of methoxy groups -OCH3 is 1. The SMILES string of the molecule is CCn1ncc(OC)c1C(NN)c1sccc1Cl. The van der Waals surface area contributed by atoms with Crippen LogP contribution in [0, 0.1) is 0 Å². The van der Waals surface area contributed by atoms with E-state index in [1.165, 1.54) is 0 Å². The van der Waals surface area contributed by atoms with Crippen molar-refractivity contribution in [3.63, 3.8) is 0 Å². The number of aryl methyl sites for hydroxylation is 1. The van der Waals surface area contributed by atoms with Gasteiger partial charge in [0.05, 0.1) is 18.3 Å². The molecule has 0 spiro atoms. The van der Waals surface area contributed by atoms with Crippen molar-refractivity contribution in [2.45, 2.75) is 19.5 Å². The fraction of sp³-hybridized carbons (Fsp3) is 0.364. The summed E-state index contributed by atoms with van der Waals surface area (Å²) >= 11 is 7.71. The van der Waals surface area contributed by atoms with Crippen molar-refractivity contribution in [2.24, 2.45) is 5.84 Å². The van der Waals surface area contributed by atoms with Gasteiger partial charge in [-0.2, -0.15) is 5.10 Å². The van der Waals surface area contributed by atoms with Crippen LogP contribution in [-0.2, 0) is 6.54 Å². The van der Waals surface area contributed by atoms with E-state index in [0.29, 0.717) is 10.8 Å². The maximum Gasteiger partial charge on any atom is 0.162 e. The Bertz CT molecular complexity index is 503. The molecule has 2 rings (SSSR count). The lowest BCUT2D eigenvalue weighted by Gasteiger charge is -2.17. The molecule has 0 bridgehead atoms. The summed E-state index contributed by atoms with van der Waals surface area (Å²) in [6.07, 6.45) is 1.69. The van der Waals surface area contributed by atoms with Crippen LogP contribution >= 0.6 is 22.9 Å². The molecule has 5 nitrogen and oxygen atoms in total. The van der Waals surface area contributed by atoms with Crippen LogP contribution in [-0.4, -0.2) is 16.9 Å². The summed E-state index contributed by atoms with van der Waals surface area (Å²) in [4.78, 5) is 0.952. The minimum atomic E-state index is -0.227. The van der Waals surface area contributed by atoms with Gasteiger partial charge in [-0.1, -0.05) is 11.6 Å². The second-order valence-corrected chi connectivity index (χ2v) is 5.00. The molecule has 0 amide bonds. The van der Waals surface area contributed by atoms with E-state index in [0.717, 1.165) is 17.1 Å². The average Bonchev–Trinajstić information content (AvgIpc) is 2.98. The standard InChI is InChI=1S/C11H15ClN4OS/c1-3-16-10(8(17-2)6-14-16)9(15-13)11-7(12)4-5-18-11/h4-6,9,15H,3,13H2,1-2H3. The summed E-state index contributed by atoms with van der Waals surface area (Å²) in [6.45, 7) is 2.75. The van der Waals surface area contributed by atoms with E-state index >= 15 is 0 Å². The summed E-state index contributed by atoms with van der Waals surface area (Å²) in [7, 11) is 1.62. The smallest absolute Gasteiger partial charge is 0.162 e. The summed E-state index contributed by atoms with van der Waals surface area (Å²) in [5.74, 6) is 6.37. The van der Waals surface area contributed by atoms with Gasteiger partial charge in [-0.15, -0.1) is 11.3 Å². The minimum absolute atomic E-state index is 0.227. The molecule has 0 aliphatic heterocycles. The van der Waals surface area contributed by atoms with E-state index in [2.05, 4.69) is 10.5 Å². The average molecular weight is 287 g/mol. The Morgan fingerprint density at radius 2 is 2.44 bits per heavy atom. The second-order valence-electron chi connectivity index (χ2n) is 3.65. The monoisotopic (exact) mass is 286 g/mol. The van der Waals surface area contributed by atoms with Crippen molar-refractivity contribution < 1.29 is 4.74 Å². The van der Waals surface area contributed by atoms with Gasteiger partial charge < -0.3 is 4.74 Å². The molecule has 3 N–H and O–H groups in total. The quantitative estimate of drug-likeness (QED) is 0.653. The van der Waals surface area contributed by atoms with Crippen LogP contribution in [0.15, 0.2) is 17.6 Å². The Hall–Kier alpha value is -1.08. The summed E-state index contributed by atoms with van der Waals surface area (Å²) < 4.78 is 7.18. The van der Waals surface area contributed by atoms with Gasteiger partial charge in [-0.25, -0.2) is 5.43 Å². The molecule has 0 radical (unpaired) electrons.